The van der Waals surface area contributed by atoms with Crippen LogP contribution in [0.25, 0.3) is 0 Å². The van der Waals surface area contributed by atoms with Crippen molar-refractivity contribution in [2.75, 3.05) is 16.8 Å². The van der Waals surface area contributed by atoms with E-state index in [-0.39, 0.29) is 16.0 Å². The van der Waals surface area contributed by atoms with E-state index >= 15 is 0 Å². The van der Waals surface area contributed by atoms with E-state index in [2.05, 4.69) is 5.32 Å². The third kappa shape index (κ3) is 3.10. The minimum atomic E-state index is -0.325. The second-order valence-electron chi connectivity index (χ2n) is 3.94. The lowest BCUT2D eigenvalue weighted by Crippen LogP contribution is -2.12. The van der Waals surface area contributed by atoms with Crippen molar-refractivity contribution in [3.8, 4) is 0 Å². The van der Waals surface area contributed by atoms with Crippen molar-refractivity contribution >= 4 is 46.2 Å². The van der Waals surface area contributed by atoms with Crippen LogP contribution in [0.15, 0.2) is 36.4 Å². The van der Waals surface area contributed by atoms with E-state index in [0.29, 0.717) is 22.6 Å². The van der Waals surface area contributed by atoms with Crippen molar-refractivity contribution in [3.63, 3.8) is 0 Å². The fourth-order valence-electron chi connectivity index (χ4n) is 1.53. The van der Waals surface area contributed by atoms with Crippen LogP contribution in [0.4, 0.5) is 17.1 Å². The van der Waals surface area contributed by atoms with Gasteiger partial charge in [-0.25, -0.2) is 0 Å². The number of amides is 1. The summed E-state index contributed by atoms with van der Waals surface area (Å²) in [6, 6.07) is 9.55. The number of nitrogen functional groups attached to an aromatic ring is 2. The predicted molar refractivity (Wildman–Crippen MR) is 79.7 cm³/mol. The number of halogens is 2. The zero-order valence-corrected chi connectivity index (χ0v) is 11.3. The molecule has 98 valence electrons. The first-order valence-corrected chi connectivity index (χ1v) is 6.14. The number of rotatable bonds is 2. The standard InChI is InChI=1S/C13H11Cl2N3O/c14-10-5-9(17)6-11(15)12(10)18-13(19)7-1-3-8(16)4-2-7/h1-6H,16-17H2,(H,18,19). The Kier molecular flexibility index (Phi) is 3.83. The molecule has 0 unspecified atom stereocenters. The maximum atomic E-state index is 12.0. The van der Waals surface area contributed by atoms with Crippen LogP contribution in [0.1, 0.15) is 10.4 Å². The first-order chi connectivity index (χ1) is 8.97. The summed E-state index contributed by atoms with van der Waals surface area (Å²) in [6.07, 6.45) is 0. The minimum Gasteiger partial charge on any atom is -0.399 e. The summed E-state index contributed by atoms with van der Waals surface area (Å²) in [5.74, 6) is -0.325. The van der Waals surface area contributed by atoms with Gasteiger partial charge in [-0.2, -0.15) is 0 Å². The van der Waals surface area contributed by atoms with E-state index in [0.717, 1.165) is 0 Å². The Morgan fingerprint density at radius 1 is 0.947 bits per heavy atom. The highest BCUT2D eigenvalue weighted by Crippen LogP contribution is 2.33. The van der Waals surface area contributed by atoms with Gasteiger partial charge in [0.1, 0.15) is 0 Å². The number of carbonyl (C=O) groups excluding carboxylic acids is 1. The normalized spacial score (nSPS) is 10.2. The van der Waals surface area contributed by atoms with Gasteiger partial charge in [0, 0.05) is 16.9 Å². The van der Waals surface area contributed by atoms with Gasteiger partial charge in [0.15, 0.2) is 0 Å². The molecule has 1 amide bonds. The second-order valence-corrected chi connectivity index (χ2v) is 4.75. The van der Waals surface area contributed by atoms with Gasteiger partial charge in [-0.3, -0.25) is 4.79 Å². The Hall–Kier alpha value is -1.91. The molecule has 0 radical (unpaired) electrons. The average Bonchev–Trinajstić information content (AvgIpc) is 2.34. The Morgan fingerprint density at radius 3 is 2.00 bits per heavy atom. The van der Waals surface area contributed by atoms with Crippen molar-refractivity contribution in [1.29, 1.82) is 0 Å². The van der Waals surface area contributed by atoms with E-state index in [1.54, 1.807) is 24.3 Å². The molecule has 19 heavy (non-hydrogen) atoms. The lowest BCUT2D eigenvalue weighted by atomic mass is 10.2. The number of hydrogen-bond donors (Lipinski definition) is 3. The van der Waals surface area contributed by atoms with Gasteiger partial charge in [-0.15, -0.1) is 0 Å². The summed E-state index contributed by atoms with van der Waals surface area (Å²) >= 11 is 12.0. The summed E-state index contributed by atoms with van der Waals surface area (Å²) in [5, 5.41) is 3.21. The van der Waals surface area contributed by atoms with Crippen LogP contribution in [0.5, 0.6) is 0 Å². The average molecular weight is 296 g/mol. The molecule has 5 N–H and O–H groups in total. The van der Waals surface area contributed by atoms with E-state index < -0.39 is 0 Å². The lowest BCUT2D eigenvalue weighted by molar-refractivity contribution is 0.102. The van der Waals surface area contributed by atoms with Gasteiger partial charge >= 0.3 is 0 Å². The molecule has 0 aliphatic carbocycles. The molecule has 0 aliphatic heterocycles. The van der Waals surface area contributed by atoms with Crippen LogP contribution in [0.3, 0.4) is 0 Å². The molecule has 0 heterocycles. The number of carbonyl (C=O) groups is 1. The first kappa shape index (κ1) is 13.5. The van der Waals surface area contributed by atoms with Gasteiger partial charge in [0.25, 0.3) is 5.91 Å². The zero-order chi connectivity index (χ0) is 14.0. The highest BCUT2D eigenvalue weighted by atomic mass is 35.5. The van der Waals surface area contributed by atoms with Gasteiger partial charge in [-0.05, 0) is 36.4 Å². The van der Waals surface area contributed by atoms with Crippen LogP contribution >= 0.6 is 23.2 Å². The summed E-state index contributed by atoms with van der Waals surface area (Å²) in [7, 11) is 0. The molecule has 2 aromatic rings. The third-order valence-electron chi connectivity index (χ3n) is 2.48. The molecule has 0 atom stereocenters. The highest BCUT2D eigenvalue weighted by Gasteiger charge is 2.12. The zero-order valence-electron chi connectivity index (χ0n) is 9.78. The maximum Gasteiger partial charge on any atom is 0.255 e. The molecule has 6 heteroatoms. The predicted octanol–water partition coefficient (Wildman–Crippen LogP) is 3.41. The number of anilines is 3. The largest absolute Gasteiger partial charge is 0.399 e. The molecule has 0 spiro atoms. The molecule has 0 aliphatic rings. The molecule has 0 aromatic heterocycles. The van der Waals surface area contributed by atoms with E-state index in [9.17, 15) is 4.79 Å². The quantitative estimate of drug-likeness (QED) is 0.743. The van der Waals surface area contributed by atoms with Crippen LogP contribution < -0.4 is 16.8 Å². The van der Waals surface area contributed by atoms with E-state index in [1.165, 1.54) is 12.1 Å². The Labute approximate surface area is 120 Å². The molecule has 2 aromatic carbocycles. The number of hydrogen-bond acceptors (Lipinski definition) is 3. The number of benzene rings is 2. The molecule has 0 saturated carbocycles. The maximum absolute atomic E-state index is 12.0. The van der Waals surface area contributed by atoms with Crippen molar-refractivity contribution in [2.24, 2.45) is 0 Å². The Balaban J connectivity index is 2.26. The van der Waals surface area contributed by atoms with Gasteiger partial charge in [0.05, 0.1) is 15.7 Å². The number of nitrogens with one attached hydrogen (secondary N) is 1. The van der Waals surface area contributed by atoms with E-state index in [4.69, 9.17) is 34.7 Å². The van der Waals surface area contributed by atoms with Gasteiger partial charge < -0.3 is 16.8 Å². The Bertz CT molecular complexity index is 603. The monoisotopic (exact) mass is 295 g/mol. The first-order valence-electron chi connectivity index (χ1n) is 5.39. The van der Waals surface area contributed by atoms with E-state index in [1.807, 2.05) is 0 Å². The minimum absolute atomic E-state index is 0.286. The molecule has 0 bridgehead atoms. The summed E-state index contributed by atoms with van der Waals surface area (Å²) in [6.45, 7) is 0. The summed E-state index contributed by atoms with van der Waals surface area (Å²) in [4.78, 5) is 12.0. The lowest BCUT2D eigenvalue weighted by Gasteiger charge is -2.10. The molecular weight excluding hydrogens is 285 g/mol. The molecule has 0 fully saturated rings. The van der Waals surface area contributed by atoms with Gasteiger partial charge in [0.2, 0.25) is 0 Å². The van der Waals surface area contributed by atoms with Crippen LogP contribution in [-0.2, 0) is 0 Å². The van der Waals surface area contributed by atoms with Crippen molar-refractivity contribution in [3.05, 3.63) is 52.0 Å². The van der Waals surface area contributed by atoms with Crippen LogP contribution in [0.2, 0.25) is 10.0 Å². The third-order valence-corrected chi connectivity index (χ3v) is 3.07. The Morgan fingerprint density at radius 2 is 1.47 bits per heavy atom. The molecule has 2 rings (SSSR count). The molecule has 4 nitrogen and oxygen atoms in total. The van der Waals surface area contributed by atoms with Crippen molar-refractivity contribution in [2.45, 2.75) is 0 Å². The fourth-order valence-corrected chi connectivity index (χ4v) is 2.13. The summed E-state index contributed by atoms with van der Waals surface area (Å²) < 4.78 is 0. The fraction of sp³-hybridized carbons (Fsp3) is 0. The van der Waals surface area contributed by atoms with Crippen LogP contribution in [0, 0.1) is 0 Å². The molecular formula is C13H11Cl2N3O. The smallest absolute Gasteiger partial charge is 0.255 e. The van der Waals surface area contributed by atoms with Gasteiger partial charge in [-0.1, -0.05) is 23.2 Å². The van der Waals surface area contributed by atoms with Crippen LogP contribution in [-0.4, -0.2) is 5.91 Å². The van der Waals surface area contributed by atoms with Crippen molar-refractivity contribution < 1.29 is 4.79 Å². The second kappa shape index (κ2) is 5.38. The topological polar surface area (TPSA) is 81.1 Å². The highest BCUT2D eigenvalue weighted by molar-refractivity contribution is 6.40. The molecule has 0 saturated heterocycles. The number of nitrogens with two attached hydrogens (primary N) is 2. The summed E-state index contributed by atoms with van der Waals surface area (Å²) in [5.41, 5.74) is 13.0. The SMILES string of the molecule is Nc1ccc(C(=O)Nc2c(Cl)cc(N)cc2Cl)cc1. The van der Waals surface area contributed by atoms with Crippen molar-refractivity contribution in [1.82, 2.24) is 0 Å².